The van der Waals surface area contributed by atoms with Crippen LogP contribution in [0.1, 0.15) is 64.5 Å². The largest absolute Gasteiger partial charge is 0.465 e. The van der Waals surface area contributed by atoms with E-state index < -0.39 is 0 Å². The van der Waals surface area contributed by atoms with Crippen LogP contribution in [0.15, 0.2) is 16.5 Å². The zero-order valence-corrected chi connectivity index (χ0v) is 16.7. The van der Waals surface area contributed by atoms with Gasteiger partial charge in [-0.1, -0.05) is 0 Å². The number of aryl methyl sites for hydroxylation is 1. The highest BCUT2D eigenvalue weighted by Gasteiger charge is 2.30. The van der Waals surface area contributed by atoms with Gasteiger partial charge in [-0.3, -0.25) is 9.59 Å². The average Bonchev–Trinajstić information content (AvgIpc) is 3.38. The van der Waals surface area contributed by atoms with Crippen LogP contribution in [0.3, 0.4) is 0 Å². The summed E-state index contributed by atoms with van der Waals surface area (Å²) in [6.07, 6.45) is 4.91. The van der Waals surface area contributed by atoms with Crippen LogP contribution in [0.5, 0.6) is 0 Å². The van der Waals surface area contributed by atoms with Crippen molar-refractivity contribution in [2.24, 2.45) is 0 Å². The number of carbonyl (C=O) groups is 2. The van der Waals surface area contributed by atoms with E-state index in [4.69, 9.17) is 9.15 Å². The van der Waals surface area contributed by atoms with Crippen molar-refractivity contribution < 1.29 is 18.7 Å². The highest BCUT2D eigenvalue weighted by Crippen LogP contribution is 2.31. The Morgan fingerprint density at radius 3 is 2.82 bits per heavy atom. The fourth-order valence-corrected chi connectivity index (χ4v) is 4.43. The SMILES string of the molecule is Cc1ccc(CNC(=O)Cc2c3c(n(C[C@@H]4CCCO4)c2C)CCCC3=O)o1. The minimum Gasteiger partial charge on any atom is -0.465 e. The number of fused-ring (bicyclic) bond motifs is 1. The average molecular weight is 384 g/mol. The summed E-state index contributed by atoms with van der Waals surface area (Å²) in [4.78, 5) is 25.3. The molecular weight excluding hydrogens is 356 g/mol. The topological polar surface area (TPSA) is 73.5 Å². The Morgan fingerprint density at radius 2 is 2.11 bits per heavy atom. The molecule has 150 valence electrons. The molecule has 0 aromatic carbocycles. The highest BCUT2D eigenvalue weighted by molar-refractivity contribution is 6.01. The van der Waals surface area contributed by atoms with Gasteiger partial charge in [-0.2, -0.15) is 0 Å². The molecule has 1 fully saturated rings. The monoisotopic (exact) mass is 384 g/mol. The van der Waals surface area contributed by atoms with E-state index in [1.807, 2.05) is 26.0 Å². The Kier molecular flexibility index (Phi) is 5.40. The van der Waals surface area contributed by atoms with Gasteiger partial charge in [0.25, 0.3) is 0 Å². The van der Waals surface area contributed by atoms with Crippen LogP contribution < -0.4 is 5.32 Å². The highest BCUT2D eigenvalue weighted by atomic mass is 16.5. The van der Waals surface area contributed by atoms with Crippen molar-refractivity contribution in [3.05, 3.63) is 46.2 Å². The van der Waals surface area contributed by atoms with Crippen molar-refractivity contribution in [3.8, 4) is 0 Å². The van der Waals surface area contributed by atoms with Crippen molar-refractivity contribution in [1.29, 1.82) is 0 Å². The number of hydrogen-bond acceptors (Lipinski definition) is 4. The summed E-state index contributed by atoms with van der Waals surface area (Å²) in [6.45, 7) is 5.85. The summed E-state index contributed by atoms with van der Waals surface area (Å²) in [5.74, 6) is 1.63. The standard InChI is InChI=1S/C22H28N2O4/c1-14-8-9-16(28-14)12-23-21(26)11-18-15(2)24(13-17-5-4-10-27-17)19-6-3-7-20(25)22(18)19/h8-9,17H,3-7,10-13H2,1-2H3,(H,23,26)/t17-/m0/s1. The van der Waals surface area contributed by atoms with E-state index in [1.165, 1.54) is 0 Å². The summed E-state index contributed by atoms with van der Waals surface area (Å²) < 4.78 is 13.6. The number of nitrogens with one attached hydrogen (secondary N) is 1. The molecule has 28 heavy (non-hydrogen) atoms. The molecule has 2 aliphatic rings. The lowest BCUT2D eigenvalue weighted by Gasteiger charge is -2.18. The van der Waals surface area contributed by atoms with E-state index >= 15 is 0 Å². The van der Waals surface area contributed by atoms with Gasteiger partial charge in [0.1, 0.15) is 11.5 Å². The number of furan rings is 1. The summed E-state index contributed by atoms with van der Waals surface area (Å²) >= 11 is 0. The van der Waals surface area contributed by atoms with Gasteiger partial charge < -0.3 is 19.0 Å². The second kappa shape index (κ2) is 7.95. The number of Topliss-reactive ketones (excluding diaryl/α,β-unsaturated/α-hetero) is 1. The molecule has 3 heterocycles. The lowest BCUT2D eigenvalue weighted by molar-refractivity contribution is -0.120. The first-order chi connectivity index (χ1) is 13.5. The molecule has 1 aliphatic carbocycles. The van der Waals surface area contributed by atoms with E-state index in [1.54, 1.807) is 0 Å². The Morgan fingerprint density at radius 1 is 1.25 bits per heavy atom. The molecule has 6 nitrogen and oxygen atoms in total. The maximum Gasteiger partial charge on any atom is 0.224 e. The zero-order valence-electron chi connectivity index (χ0n) is 16.7. The van der Waals surface area contributed by atoms with Crippen LogP contribution in [0.4, 0.5) is 0 Å². The van der Waals surface area contributed by atoms with Gasteiger partial charge in [0, 0.05) is 36.5 Å². The molecule has 1 N–H and O–H groups in total. The second-order valence-electron chi connectivity index (χ2n) is 7.87. The fourth-order valence-electron chi connectivity index (χ4n) is 4.43. The Labute approximate surface area is 165 Å². The molecule has 2 aromatic rings. The van der Waals surface area contributed by atoms with Crippen molar-refractivity contribution >= 4 is 11.7 Å². The molecule has 0 spiro atoms. The molecule has 0 unspecified atom stereocenters. The minimum absolute atomic E-state index is 0.0902. The van der Waals surface area contributed by atoms with Gasteiger partial charge in [0.05, 0.1) is 19.1 Å². The lowest BCUT2D eigenvalue weighted by Crippen LogP contribution is -2.25. The molecule has 6 heteroatoms. The fraction of sp³-hybridized carbons (Fsp3) is 0.545. The number of aromatic nitrogens is 1. The quantitative estimate of drug-likeness (QED) is 0.830. The Bertz CT molecular complexity index is 887. The van der Waals surface area contributed by atoms with E-state index in [0.717, 1.165) is 72.9 Å². The maximum absolute atomic E-state index is 12.7. The number of carbonyl (C=O) groups excluding carboxylic acids is 2. The summed E-state index contributed by atoms with van der Waals surface area (Å²) in [7, 11) is 0. The molecule has 0 radical (unpaired) electrons. The third-order valence-corrected chi connectivity index (χ3v) is 5.86. The molecule has 1 atom stereocenters. The van der Waals surface area contributed by atoms with Gasteiger partial charge >= 0.3 is 0 Å². The molecular formula is C22H28N2O4. The molecule has 1 saturated heterocycles. The van der Waals surface area contributed by atoms with E-state index in [2.05, 4.69) is 9.88 Å². The van der Waals surface area contributed by atoms with Crippen LogP contribution in [-0.4, -0.2) is 29.0 Å². The molecule has 1 amide bonds. The molecule has 1 aliphatic heterocycles. The third-order valence-electron chi connectivity index (χ3n) is 5.86. The number of nitrogens with zero attached hydrogens (tertiary/aromatic N) is 1. The zero-order chi connectivity index (χ0) is 19.7. The normalized spacial score (nSPS) is 19.1. The Balaban J connectivity index is 1.54. The number of amides is 1. The number of rotatable bonds is 6. The molecule has 0 bridgehead atoms. The lowest BCUT2D eigenvalue weighted by atomic mass is 9.92. The van der Waals surface area contributed by atoms with Crippen molar-refractivity contribution in [3.63, 3.8) is 0 Å². The maximum atomic E-state index is 12.7. The predicted molar refractivity (Wildman–Crippen MR) is 104 cm³/mol. The van der Waals surface area contributed by atoms with Crippen molar-refractivity contribution in [2.75, 3.05) is 6.61 Å². The molecule has 2 aromatic heterocycles. The third kappa shape index (κ3) is 3.78. The van der Waals surface area contributed by atoms with Crippen molar-refractivity contribution in [1.82, 2.24) is 9.88 Å². The summed E-state index contributed by atoms with van der Waals surface area (Å²) in [5, 5.41) is 2.91. The minimum atomic E-state index is -0.0902. The van der Waals surface area contributed by atoms with Crippen LogP contribution in [0.2, 0.25) is 0 Å². The Hall–Kier alpha value is -2.34. The van der Waals surface area contributed by atoms with Crippen LogP contribution in [0.25, 0.3) is 0 Å². The van der Waals surface area contributed by atoms with Crippen LogP contribution in [0, 0.1) is 13.8 Å². The first-order valence-electron chi connectivity index (χ1n) is 10.2. The van der Waals surface area contributed by atoms with Gasteiger partial charge in [0.2, 0.25) is 5.91 Å². The van der Waals surface area contributed by atoms with Crippen LogP contribution in [-0.2, 0) is 35.5 Å². The van der Waals surface area contributed by atoms with Gasteiger partial charge in [-0.25, -0.2) is 0 Å². The van der Waals surface area contributed by atoms with Crippen LogP contribution >= 0.6 is 0 Å². The van der Waals surface area contributed by atoms with Crippen molar-refractivity contribution in [2.45, 2.75) is 71.6 Å². The number of hydrogen-bond donors (Lipinski definition) is 1. The van der Waals surface area contributed by atoms with Gasteiger partial charge in [0.15, 0.2) is 5.78 Å². The molecule has 0 saturated carbocycles. The van der Waals surface area contributed by atoms with E-state index in [9.17, 15) is 9.59 Å². The number of ketones is 1. The van der Waals surface area contributed by atoms with E-state index in [0.29, 0.717) is 13.0 Å². The summed E-state index contributed by atoms with van der Waals surface area (Å²) in [5.41, 5.74) is 3.78. The predicted octanol–water partition coefficient (Wildman–Crippen LogP) is 3.25. The van der Waals surface area contributed by atoms with Gasteiger partial charge in [-0.15, -0.1) is 0 Å². The molecule has 4 rings (SSSR count). The smallest absolute Gasteiger partial charge is 0.224 e. The summed E-state index contributed by atoms with van der Waals surface area (Å²) in [6, 6.07) is 3.75. The second-order valence-corrected chi connectivity index (χ2v) is 7.87. The first-order valence-corrected chi connectivity index (χ1v) is 10.2. The first kappa shape index (κ1) is 19.0. The van der Waals surface area contributed by atoms with Gasteiger partial charge in [-0.05, 0) is 57.2 Å². The van der Waals surface area contributed by atoms with E-state index in [-0.39, 0.29) is 24.2 Å². The number of ether oxygens (including phenoxy) is 1.